The Morgan fingerprint density at radius 3 is 2.33 bits per heavy atom. The zero-order valence-electron chi connectivity index (χ0n) is 16.3. The maximum atomic E-state index is 12.3. The summed E-state index contributed by atoms with van der Waals surface area (Å²) in [6.07, 6.45) is 0. The fourth-order valence-corrected chi connectivity index (χ4v) is 3.54. The number of nitrogens with zero attached hydrogens (tertiary/aromatic N) is 1. The molecule has 142 valence electrons. The summed E-state index contributed by atoms with van der Waals surface area (Å²) in [5.41, 5.74) is 5.36. The first-order valence-corrected chi connectivity index (χ1v) is 9.49. The number of hydrogen-bond acceptors (Lipinski definition) is 3. The molecule has 2 aromatic carbocycles. The van der Waals surface area contributed by atoms with E-state index in [0.29, 0.717) is 12.1 Å². The van der Waals surface area contributed by atoms with Gasteiger partial charge in [0.1, 0.15) is 0 Å². The first-order valence-electron chi connectivity index (χ1n) is 9.49. The van der Waals surface area contributed by atoms with Crippen LogP contribution in [-0.2, 0) is 4.79 Å². The first kappa shape index (κ1) is 19.1. The Kier molecular flexibility index (Phi) is 5.91. The van der Waals surface area contributed by atoms with Crippen LogP contribution in [-0.4, -0.2) is 44.4 Å². The van der Waals surface area contributed by atoms with Crippen molar-refractivity contribution in [1.29, 1.82) is 0 Å². The van der Waals surface area contributed by atoms with Crippen LogP contribution in [0, 0.1) is 13.8 Å². The molecule has 1 fully saturated rings. The molecule has 0 aliphatic carbocycles. The molecule has 0 radical (unpaired) electrons. The van der Waals surface area contributed by atoms with Crippen molar-refractivity contribution in [2.75, 3.05) is 42.9 Å². The van der Waals surface area contributed by atoms with E-state index in [2.05, 4.69) is 42.3 Å². The summed E-state index contributed by atoms with van der Waals surface area (Å²) in [5, 5.41) is 2.93. The van der Waals surface area contributed by atoms with Gasteiger partial charge in [0.05, 0.1) is 26.2 Å². The van der Waals surface area contributed by atoms with Crippen molar-refractivity contribution < 1.29 is 14.5 Å². The minimum atomic E-state index is 0.0146. The molecule has 2 N–H and O–H groups in total. The van der Waals surface area contributed by atoms with Gasteiger partial charge in [-0.2, -0.15) is 0 Å². The average Bonchev–Trinajstić information content (AvgIpc) is 2.65. The SMILES string of the molecule is CC(=O)c1ccc(NC(=O)C[NH+]2CCN(c3cccc(C)c3C)CC2)cc1. The van der Waals surface area contributed by atoms with Gasteiger partial charge in [-0.1, -0.05) is 12.1 Å². The van der Waals surface area contributed by atoms with Gasteiger partial charge < -0.3 is 15.1 Å². The van der Waals surface area contributed by atoms with Crippen molar-refractivity contribution in [1.82, 2.24) is 0 Å². The molecule has 1 saturated heterocycles. The molecule has 5 nitrogen and oxygen atoms in total. The van der Waals surface area contributed by atoms with Gasteiger partial charge in [-0.05, 0) is 62.2 Å². The number of ketones is 1. The molecule has 0 spiro atoms. The molecule has 1 heterocycles. The van der Waals surface area contributed by atoms with Gasteiger partial charge in [0.15, 0.2) is 12.3 Å². The van der Waals surface area contributed by atoms with Crippen LogP contribution in [0.5, 0.6) is 0 Å². The minimum absolute atomic E-state index is 0.0146. The summed E-state index contributed by atoms with van der Waals surface area (Å²) in [6.45, 7) is 10.1. The third-order valence-corrected chi connectivity index (χ3v) is 5.37. The Bertz CT molecular complexity index is 822. The molecule has 1 amide bonds. The van der Waals surface area contributed by atoms with Gasteiger partial charge in [-0.3, -0.25) is 9.59 Å². The normalized spacial score (nSPS) is 14.9. The van der Waals surface area contributed by atoms with E-state index in [1.807, 2.05) is 0 Å². The average molecular weight is 366 g/mol. The van der Waals surface area contributed by atoms with E-state index < -0.39 is 0 Å². The lowest BCUT2D eigenvalue weighted by Gasteiger charge is -2.34. The number of carbonyl (C=O) groups is 2. The maximum absolute atomic E-state index is 12.3. The highest BCUT2D eigenvalue weighted by molar-refractivity contribution is 5.95. The van der Waals surface area contributed by atoms with Crippen LogP contribution in [0.15, 0.2) is 42.5 Å². The van der Waals surface area contributed by atoms with Crippen molar-refractivity contribution >= 4 is 23.1 Å². The van der Waals surface area contributed by atoms with Crippen molar-refractivity contribution in [3.63, 3.8) is 0 Å². The van der Waals surface area contributed by atoms with E-state index in [0.717, 1.165) is 31.9 Å². The lowest BCUT2D eigenvalue weighted by Crippen LogP contribution is -3.15. The Morgan fingerprint density at radius 1 is 1.04 bits per heavy atom. The zero-order chi connectivity index (χ0) is 19.4. The minimum Gasteiger partial charge on any atom is -0.360 e. The fraction of sp³-hybridized carbons (Fsp3) is 0.364. The molecule has 27 heavy (non-hydrogen) atoms. The fourth-order valence-electron chi connectivity index (χ4n) is 3.54. The van der Waals surface area contributed by atoms with Gasteiger partial charge >= 0.3 is 0 Å². The highest BCUT2D eigenvalue weighted by Gasteiger charge is 2.23. The van der Waals surface area contributed by atoms with Crippen LogP contribution >= 0.6 is 0 Å². The molecule has 0 unspecified atom stereocenters. The van der Waals surface area contributed by atoms with Crippen LogP contribution in [0.3, 0.4) is 0 Å². The van der Waals surface area contributed by atoms with E-state index in [4.69, 9.17) is 0 Å². The summed E-state index contributed by atoms with van der Waals surface area (Å²) in [7, 11) is 0. The Labute approximate surface area is 161 Å². The highest BCUT2D eigenvalue weighted by atomic mass is 16.2. The lowest BCUT2D eigenvalue weighted by atomic mass is 10.1. The Morgan fingerprint density at radius 2 is 1.70 bits per heavy atom. The Balaban J connectivity index is 1.50. The quantitative estimate of drug-likeness (QED) is 0.794. The number of nitrogens with one attached hydrogen (secondary N) is 2. The van der Waals surface area contributed by atoms with E-state index in [9.17, 15) is 9.59 Å². The molecule has 0 saturated carbocycles. The molecular formula is C22H28N3O2+. The molecule has 1 aliphatic rings. The van der Waals surface area contributed by atoms with Gasteiger partial charge in [-0.15, -0.1) is 0 Å². The summed E-state index contributed by atoms with van der Waals surface area (Å²) in [4.78, 5) is 27.4. The van der Waals surface area contributed by atoms with Crippen molar-refractivity contribution in [2.24, 2.45) is 0 Å². The van der Waals surface area contributed by atoms with Crippen LogP contribution in [0.4, 0.5) is 11.4 Å². The summed E-state index contributed by atoms with van der Waals surface area (Å²) < 4.78 is 0. The van der Waals surface area contributed by atoms with E-state index in [1.165, 1.54) is 28.6 Å². The summed E-state index contributed by atoms with van der Waals surface area (Å²) in [5.74, 6) is 0.0415. The number of carbonyl (C=O) groups excluding carboxylic acids is 2. The number of hydrogen-bond donors (Lipinski definition) is 2. The van der Waals surface area contributed by atoms with E-state index in [-0.39, 0.29) is 11.7 Å². The molecule has 2 aromatic rings. The van der Waals surface area contributed by atoms with Gasteiger partial charge in [0.2, 0.25) is 0 Å². The standard InChI is InChI=1S/C22H27N3O2/c1-16-5-4-6-21(17(16)2)25-13-11-24(12-14-25)15-22(27)23-20-9-7-19(8-10-20)18(3)26/h4-10H,11-15H2,1-3H3,(H,23,27)/p+1. The highest BCUT2D eigenvalue weighted by Crippen LogP contribution is 2.22. The first-order chi connectivity index (χ1) is 12.9. The molecule has 5 heteroatoms. The number of piperazine rings is 1. The number of amides is 1. The predicted octanol–water partition coefficient (Wildman–Crippen LogP) is 1.85. The van der Waals surface area contributed by atoms with Crippen LogP contribution in [0.2, 0.25) is 0 Å². The van der Waals surface area contributed by atoms with Gasteiger partial charge in [0.25, 0.3) is 5.91 Å². The van der Waals surface area contributed by atoms with Crippen LogP contribution in [0.25, 0.3) is 0 Å². The van der Waals surface area contributed by atoms with Gasteiger partial charge in [0, 0.05) is 16.9 Å². The second-order valence-electron chi connectivity index (χ2n) is 7.31. The number of quaternary nitrogens is 1. The zero-order valence-corrected chi connectivity index (χ0v) is 16.3. The number of benzene rings is 2. The predicted molar refractivity (Wildman–Crippen MR) is 109 cm³/mol. The largest absolute Gasteiger partial charge is 0.360 e. The summed E-state index contributed by atoms with van der Waals surface area (Å²) >= 11 is 0. The third kappa shape index (κ3) is 4.74. The number of rotatable bonds is 5. The Hall–Kier alpha value is -2.66. The topological polar surface area (TPSA) is 53.9 Å². The number of aryl methyl sites for hydroxylation is 1. The maximum Gasteiger partial charge on any atom is 0.279 e. The van der Waals surface area contributed by atoms with E-state index >= 15 is 0 Å². The molecule has 3 rings (SSSR count). The van der Waals surface area contributed by atoms with Gasteiger partial charge in [-0.25, -0.2) is 0 Å². The van der Waals surface area contributed by atoms with Crippen LogP contribution in [0.1, 0.15) is 28.4 Å². The summed E-state index contributed by atoms with van der Waals surface area (Å²) in [6, 6.07) is 13.5. The van der Waals surface area contributed by atoms with Crippen LogP contribution < -0.4 is 15.1 Å². The second kappa shape index (κ2) is 8.35. The number of anilines is 2. The molecule has 1 aliphatic heterocycles. The smallest absolute Gasteiger partial charge is 0.279 e. The second-order valence-corrected chi connectivity index (χ2v) is 7.31. The van der Waals surface area contributed by atoms with Crippen molar-refractivity contribution in [3.8, 4) is 0 Å². The third-order valence-electron chi connectivity index (χ3n) is 5.37. The van der Waals surface area contributed by atoms with Crippen molar-refractivity contribution in [2.45, 2.75) is 20.8 Å². The molecule has 0 atom stereocenters. The molecular weight excluding hydrogens is 338 g/mol. The lowest BCUT2D eigenvalue weighted by molar-refractivity contribution is -0.892. The monoisotopic (exact) mass is 366 g/mol. The number of Topliss-reactive ketones (excluding diaryl/α,β-unsaturated/α-hetero) is 1. The molecule has 0 bridgehead atoms. The molecule has 0 aromatic heterocycles. The van der Waals surface area contributed by atoms with E-state index in [1.54, 1.807) is 24.3 Å². The van der Waals surface area contributed by atoms with Crippen molar-refractivity contribution in [3.05, 3.63) is 59.2 Å².